The average molecular weight is 453 g/mol. The average Bonchev–Trinajstić information content (AvgIpc) is 2.77. The summed E-state index contributed by atoms with van der Waals surface area (Å²) in [6.07, 6.45) is 13.7. The first kappa shape index (κ1) is 27.1. The van der Waals surface area contributed by atoms with Crippen molar-refractivity contribution in [1.82, 2.24) is 0 Å². The van der Waals surface area contributed by atoms with E-state index in [1.807, 2.05) is 6.08 Å². The molecule has 3 heteroatoms. The molecule has 33 heavy (non-hydrogen) atoms. The fourth-order valence-electron chi connectivity index (χ4n) is 4.69. The summed E-state index contributed by atoms with van der Waals surface area (Å²) in [5.74, 6) is 1.32. The van der Waals surface area contributed by atoms with Crippen LogP contribution in [0.1, 0.15) is 120 Å². The molecule has 2 atom stereocenters. The molecule has 0 aliphatic heterocycles. The minimum atomic E-state index is -0.450. The van der Waals surface area contributed by atoms with E-state index >= 15 is 0 Å². The van der Waals surface area contributed by atoms with Gasteiger partial charge in [-0.1, -0.05) is 109 Å². The van der Waals surface area contributed by atoms with E-state index in [2.05, 4.69) is 34.6 Å². The molecule has 1 aliphatic carbocycles. The van der Waals surface area contributed by atoms with Crippen molar-refractivity contribution >= 4 is 11.6 Å². The number of allylic oxidation sites excluding steroid dienone is 4. The quantitative estimate of drug-likeness (QED) is 0.287. The van der Waals surface area contributed by atoms with Gasteiger partial charge >= 0.3 is 0 Å². The Kier molecular flexibility index (Phi) is 11.1. The second-order valence-electron chi connectivity index (χ2n) is 10.6. The van der Waals surface area contributed by atoms with Crippen molar-refractivity contribution in [2.45, 2.75) is 98.8 Å². The van der Waals surface area contributed by atoms with Gasteiger partial charge in [-0.2, -0.15) is 0 Å². The van der Waals surface area contributed by atoms with E-state index in [1.165, 1.54) is 50.5 Å². The van der Waals surface area contributed by atoms with E-state index in [4.69, 9.17) is 0 Å². The fourth-order valence-corrected chi connectivity index (χ4v) is 4.69. The monoisotopic (exact) mass is 452 g/mol. The number of ketones is 2. The third kappa shape index (κ3) is 8.61. The SMILES string of the molecule is C/C(=C\CC1=C(O)C(=O)c2ccccc2C1=O)CCC[C@H](C)CCC[C@H](C)CCCC(C)C. The summed E-state index contributed by atoms with van der Waals surface area (Å²) in [7, 11) is 0. The maximum Gasteiger partial charge on any atom is 0.228 e. The zero-order chi connectivity index (χ0) is 24.4. The second-order valence-corrected chi connectivity index (χ2v) is 10.6. The van der Waals surface area contributed by atoms with Gasteiger partial charge in [0.15, 0.2) is 11.5 Å². The fraction of sp³-hybridized carbons (Fsp3) is 0.600. The van der Waals surface area contributed by atoms with E-state index in [-0.39, 0.29) is 11.4 Å². The summed E-state index contributed by atoms with van der Waals surface area (Å²) in [6.45, 7) is 11.4. The van der Waals surface area contributed by atoms with E-state index in [9.17, 15) is 14.7 Å². The van der Waals surface area contributed by atoms with Crippen molar-refractivity contribution in [2.24, 2.45) is 17.8 Å². The molecule has 0 fully saturated rings. The number of carbonyl (C=O) groups is 2. The molecule has 0 aromatic heterocycles. The van der Waals surface area contributed by atoms with Crippen LogP contribution in [0.15, 0.2) is 47.2 Å². The molecule has 0 heterocycles. The van der Waals surface area contributed by atoms with Crippen molar-refractivity contribution in [1.29, 1.82) is 0 Å². The Bertz CT molecular complexity index is 859. The zero-order valence-corrected chi connectivity index (χ0v) is 21.5. The van der Waals surface area contributed by atoms with Crippen LogP contribution >= 0.6 is 0 Å². The van der Waals surface area contributed by atoms with E-state index in [0.717, 1.165) is 30.6 Å². The van der Waals surface area contributed by atoms with Gasteiger partial charge in [0.05, 0.1) is 0 Å². The standard InChI is InChI=1S/C30H44O3/c1-21(2)11-8-12-22(3)13-9-14-23(4)15-10-16-24(5)19-20-27-28(31)25-17-6-7-18-26(25)29(32)30(27)33/h6-7,17-19,21-23,33H,8-16,20H2,1-5H3/b24-19+/t22-,23-/m1/s1. The number of aliphatic hydroxyl groups excluding tert-OH is 1. The molecule has 1 aromatic rings. The maximum atomic E-state index is 12.7. The number of fused-ring (bicyclic) bond motifs is 1. The lowest BCUT2D eigenvalue weighted by Crippen LogP contribution is -2.21. The van der Waals surface area contributed by atoms with Crippen molar-refractivity contribution in [3.05, 3.63) is 58.4 Å². The highest BCUT2D eigenvalue weighted by molar-refractivity contribution is 6.26. The minimum absolute atomic E-state index is 0.217. The minimum Gasteiger partial charge on any atom is -0.504 e. The predicted octanol–water partition coefficient (Wildman–Crippen LogP) is 8.65. The van der Waals surface area contributed by atoms with Crippen LogP contribution < -0.4 is 0 Å². The van der Waals surface area contributed by atoms with Crippen LogP contribution in [0.2, 0.25) is 0 Å². The number of benzene rings is 1. The Labute approximate surface area is 201 Å². The molecule has 1 aliphatic rings. The van der Waals surface area contributed by atoms with Crippen molar-refractivity contribution in [2.75, 3.05) is 0 Å². The van der Waals surface area contributed by atoms with E-state index in [1.54, 1.807) is 24.3 Å². The summed E-state index contributed by atoms with van der Waals surface area (Å²) in [6, 6.07) is 6.71. The summed E-state index contributed by atoms with van der Waals surface area (Å²) in [4.78, 5) is 25.1. The largest absolute Gasteiger partial charge is 0.504 e. The van der Waals surface area contributed by atoms with Gasteiger partial charge in [-0.25, -0.2) is 0 Å². The Morgan fingerprint density at radius 1 is 0.818 bits per heavy atom. The lowest BCUT2D eigenvalue weighted by molar-refractivity contribution is 0.0927. The van der Waals surface area contributed by atoms with Gasteiger partial charge in [0.25, 0.3) is 0 Å². The van der Waals surface area contributed by atoms with Crippen LogP contribution in [0, 0.1) is 17.8 Å². The molecule has 0 bridgehead atoms. The van der Waals surface area contributed by atoms with Crippen LogP contribution in [-0.2, 0) is 0 Å². The van der Waals surface area contributed by atoms with Gasteiger partial charge in [0, 0.05) is 16.7 Å². The summed E-state index contributed by atoms with van der Waals surface area (Å²) in [5.41, 5.74) is 2.11. The molecular weight excluding hydrogens is 408 g/mol. The Hall–Kier alpha value is -2.16. The molecule has 0 unspecified atom stereocenters. The van der Waals surface area contributed by atoms with Crippen LogP contribution in [0.25, 0.3) is 0 Å². The molecule has 1 aromatic carbocycles. The van der Waals surface area contributed by atoms with Gasteiger partial charge in [-0.05, 0) is 43.9 Å². The third-order valence-electron chi connectivity index (χ3n) is 6.99. The van der Waals surface area contributed by atoms with Crippen LogP contribution in [-0.4, -0.2) is 16.7 Å². The third-order valence-corrected chi connectivity index (χ3v) is 6.99. The smallest absolute Gasteiger partial charge is 0.228 e. The molecule has 1 N–H and O–H groups in total. The predicted molar refractivity (Wildman–Crippen MR) is 138 cm³/mol. The summed E-state index contributed by atoms with van der Waals surface area (Å²) in [5, 5.41) is 10.3. The van der Waals surface area contributed by atoms with Gasteiger partial charge in [0.2, 0.25) is 5.78 Å². The first-order valence-electron chi connectivity index (χ1n) is 13.0. The highest BCUT2D eigenvalue weighted by atomic mass is 16.3. The van der Waals surface area contributed by atoms with E-state index < -0.39 is 11.5 Å². The zero-order valence-electron chi connectivity index (χ0n) is 21.5. The van der Waals surface area contributed by atoms with E-state index in [0.29, 0.717) is 17.5 Å². The lowest BCUT2D eigenvalue weighted by atomic mass is 9.86. The first-order chi connectivity index (χ1) is 15.7. The van der Waals surface area contributed by atoms with Gasteiger partial charge in [-0.15, -0.1) is 0 Å². The molecule has 0 saturated heterocycles. The maximum absolute atomic E-state index is 12.7. The number of hydrogen-bond donors (Lipinski definition) is 1. The van der Waals surface area contributed by atoms with Gasteiger partial charge < -0.3 is 5.11 Å². The molecule has 3 nitrogen and oxygen atoms in total. The summed E-state index contributed by atoms with van der Waals surface area (Å²) >= 11 is 0. The Morgan fingerprint density at radius 3 is 1.91 bits per heavy atom. The number of Topliss-reactive ketones (excluding diaryl/α,β-unsaturated/α-hetero) is 2. The summed E-state index contributed by atoms with van der Waals surface area (Å²) < 4.78 is 0. The van der Waals surface area contributed by atoms with Crippen molar-refractivity contribution in [3.8, 4) is 0 Å². The van der Waals surface area contributed by atoms with Crippen LogP contribution in [0.5, 0.6) is 0 Å². The van der Waals surface area contributed by atoms with Gasteiger partial charge in [-0.3, -0.25) is 9.59 Å². The topological polar surface area (TPSA) is 54.4 Å². The first-order valence-corrected chi connectivity index (χ1v) is 13.0. The molecule has 0 saturated carbocycles. The molecule has 182 valence electrons. The van der Waals surface area contributed by atoms with Gasteiger partial charge in [0.1, 0.15) is 0 Å². The van der Waals surface area contributed by atoms with Crippen LogP contribution in [0.4, 0.5) is 0 Å². The molecular formula is C30H44O3. The number of carbonyl (C=O) groups excluding carboxylic acids is 2. The molecule has 2 rings (SSSR count). The molecule has 0 amide bonds. The second kappa shape index (κ2) is 13.5. The molecule has 0 spiro atoms. The highest BCUT2D eigenvalue weighted by Gasteiger charge is 2.31. The lowest BCUT2D eigenvalue weighted by Gasteiger charge is -2.17. The molecule has 0 radical (unpaired) electrons. The Balaban J connectivity index is 1.71. The highest BCUT2D eigenvalue weighted by Crippen LogP contribution is 2.28. The normalized spacial score (nSPS) is 16.4. The van der Waals surface area contributed by atoms with Crippen molar-refractivity contribution < 1.29 is 14.7 Å². The Morgan fingerprint density at radius 2 is 1.33 bits per heavy atom. The number of aliphatic hydroxyl groups is 1. The van der Waals surface area contributed by atoms with Crippen LogP contribution in [0.3, 0.4) is 0 Å². The van der Waals surface area contributed by atoms with Crippen molar-refractivity contribution in [3.63, 3.8) is 0 Å². The number of rotatable bonds is 14. The number of hydrogen-bond acceptors (Lipinski definition) is 3.